The number of hydrogen-bond donors (Lipinski definition) is 0. The third kappa shape index (κ3) is 4.03. The summed E-state index contributed by atoms with van der Waals surface area (Å²) in [6, 6.07) is 11.1. The quantitative estimate of drug-likeness (QED) is 0.703. The first-order valence-corrected chi connectivity index (χ1v) is 9.16. The van der Waals surface area contributed by atoms with E-state index >= 15 is 0 Å². The van der Waals surface area contributed by atoms with Gasteiger partial charge in [-0.3, -0.25) is 4.79 Å². The van der Waals surface area contributed by atoms with Crippen molar-refractivity contribution in [3.63, 3.8) is 0 Å². The van der Waals surface area contributed by atoms with E-state index in [-0.39, 0.29) is 23.7 Å². The van der Waals surface area contributed by atoms with Crippen LogP contribution in [0.3, 0.4) is 0 Å². The second kappa shape index (κ2) is 8.17. The average molecular weight is 374 g/mol. The van der Waals surface area contributed by atoms with Crippen molar-refractivity contribution >= 4 is 5.97 Å². The Morgan fingerprint density at radius 2 is 1.78 bits per heavy atom. The molecule has 5 heteroatoms. The lowest BCUT2D eigenvalue weighted by Crippen LogP contribution is -2.42. The fourth-order valence-electron chi connectivity index (χ4n) is 3.95. The smallest absolute Gasteiger partial charge is 0.316 e. The van der Waals surface area contributed by atoms with E-state index in [1.807, 2.05) is 6.07 Å². The molecule has 2 aromatic rings. The number of hydrogen-bond acceptors (Lipinski definition) is 3. The van der Waals surface area contributed by atoms with Gasteiger partial charge in [0.25, 0.3) is 0 Å². The standard InChI is InChI=1S/C22H24F2O3/c1-15-19(4-3-5-20(15)24)22(21(25)26-2)12-10-18(11-13-22)27-14-16-6-8-17(23)9-7-16/h3-9,18H,10-14H2,1-2H3/t18-,22+. The van der Waals surface area contributed by atoms with Crippen LogP contribution in [0, 0.1) is 18.6 Å². The zero-order valence-electron chi connectivity index (χ0n) is 15.6. The summed E-state index contributed by atoms with van der Waals surface area (Å²) in [5.41, 5.74) is 1.26. The van der Waals surface area contributed by atoms with Crippen LogP contribution in [0.5, 0.6) is 0 Å². The summed E-state index contributed by atoms with van der Waals surface area (Å²) in [5.74, 6) is -0.914. The second-order valence-electron chi connectivity index (χ2n) is 7.12. The van der Waals surface area contributed by atoms with E-state index in [4.69, 9.17) is 9.47 Å². The van der Waals surface area contributed by atoms with Crippen LogP contribution >= 0.6 is 0 Å². The van der Waals surface area contributed by atoms with Crippen LogP contribution in [0.1, 0.15) is 42.4 Å². The van der Waals surface area contributed by atoms with E-state index in [0.717, 1.165) is 5.56 Å². The number of benzene rings is 2. The Morgan fingerprint density at radius 3 is 2.41 bits per heavy atom. The minimum atomic E-state index is -0.837. The molecule has 3 nitrogen and oxygen atoms in total. The number of methoxy groups -OCH3 is 1. The maximum atomic E-state index is 14.1. The van der Waals surface area contributed by atoms with Crippen LogP contribution in [-0.4, -0.2) is 19.2 Å². The summed E-state index contributed by atoms with van der Waals surface area (Å²) in [4.78, 5) is 12.6. The van der Waals surface area contributed by atoms with E-state index < -0.39 is 5.41 Å². The predicted molar refractivity (Wildman–Crippen MR) is 98.3 cm³/mol. The first-order valence-electron chi connectivity index (χ1n) is 9.16. The van der Waals surface area contributed by atoms with E-state index in [1.54, 1.807) is 25.1 Å². The van der Waals surface area contributed by atoms with Gasteiger partial charge in [0.2, 0.25) is 0 Å². The fourth-order valence-corrected chi connectivity index (χ4v) is 3.95. The molecule has 3 rings (SSSR count). The van der Waals surface area contributed by atoms with Crippen molar-refractivity contribution in [1.82, 2.24) is 0 Å². The molecule has 0 saturated heterocycles. The van der Waals surface area contributed by atoms with Crippen LogP contribution in [0.4, 0.5) is 8.78 Å². The van der Waals surface area contributed by atoms with Crippen LogP contribution in [0.15, 0.2) is 42.5 Å². The molecule has 1 aliphatic carbocycles. The highest BCUT2D eigenvalue weighted by atomic mass is 19.1. The lowest BCUT2D eigenvalue weighted by atomic mass is 9.67. The summed E-state index contributed by atoms with van der Waals surface area (Å²) >= 11 is 0. The first-order chi connectivity index (χ1) is 13.0. The molecule has 0 bridgehead atoms. The van der Waals surface area contributed by atoms with Crippen molar-refractivity contribution in [1.29, 1.82) is 0 Å². The Kier molecular flexibility index (Phi) is 5.90. The van der Waals surface area contributed by atoms with Gasteiger partial charge < -0.3 is 9.47 Å². The molecule has 144 valence electrons. The van der Waals surface area contributed by atoms with Gasteiger partial charge in [-0.05, 0) is 67.5 Å². The Morgan fingerprint density at radius 1 is 1.11 bits per heavy atom. The molecular formula is C22H24F2O3. The van der Waals surface area contributed by atoms with E-state index in [1.165, 1.54) is 25.3 Å². The highest BCUT2D eigenvalue weighted by Crippen LogP contribution is 2.43. The molecule has 27 heavy (non-hydrogen) atoms. The van der Waals surface area contributed by atoms with E-state index in [9.17, 15) is 13.6 Å². The molecule has 0 aliphatic heterocycles. The highest BCUT2D eigenvalue weighted by molar-refractivity contribution is 5.83. The number of carbonyl (C=O) groups is 1. The van der Waals surface area contributed by atoms with Gasteiger partial charge in [-0.2, -0.15) is 0 Å². The minimum absolute atomic E-state index is 0.00157. The summed E-state index contributed by atoms with van der Waals surface area (Å²) in [6.45, 7) is 2.10. The van der Waals surface area contributed by atoms with Crippen molar-refractivity contribution < 1.29 is 23.0 Å². The maximum Gasteiger partial charge on any atom is 0.316 e. The summed E-state index contributed by atoms with van der Waals surface area (Å²) < 4.78 is 38.1. The monoisotopic (exact) mass is 374 g/mol. The van der Waals surface area contributed by atoms with Crippen LogP contribution in [0.25, 0.3) is 0 Å². The second-order valence-corrected chi connectivity index (χ2v) is 7.12. The Bertz CT molecular complexity index is 794. The zero-order valence-corrected chi connectivity index (χ0v) is 15.6. The van der Waals surface area contributed by atoms with Gasteiger partial charge in [-0.25, -0.2) is 8.78 Å². The molecule has 1 saturated carbocycles. The van der Waals surface area contributed by atoms with Gasteiger partial charge in [0.05, 0.1) is 25.2 Å². The van der Waals surface area contributed by atoms with Gasteiger partial charge in [-0.1, -0.05) is 24.3 Å². The van der Waals surface area contributed by atoms with Crippen LogP contribution < -0.4 is 0 Å². The maximum absolute atomic E-state index is 14.1. The summed E-state index contributed by atoms with van der Waals surface area (Å²) in [7, 11) is 1.37. The van der Waals surface area contributed by atoms with Crippen molar-refractivity contribution in [2.24, 2.45) is 0 Å². The third-order valence-corrected chi connectivity index (χ3v) is 5.54. The molecule has 0 radical (unpaired) electrons. The number of ether oxygens (including phenoxy) is 2. The van der Waals surface area contributed by atoms with Crippen molar-refractivity contribution in [3.05, 3.63) is 70.8 Å². The number of rotatable bonds is 5. The largest absolute Gasteiger partial charge is 0.468 e. The van der Waals surface area contributed by atoms with Crippen molar-refractivity contribution in [2.75, 3.05) is 7.11 Å². The highest BCUT2D eigenvalue weighted by Gasteiger charge is 2.45. The molecule has 0 N–H and O–H groups in total. The molecule has 0 aromatic heterocycles. The lowest BCUT2D eigenvalue weighted by Gasteiger charge is -2.39. The van der Waals surface area contributed by atoms with Crippen LogP contribution in [0.2, 0.25) is 0 Å². The number of carbonyl (C=O) groups excluding carboxylic acids is 1. The lowest BCUT2D eigenvalue weighted by molar-refractivity contribution is -0.150. The van der Waals surface area contributed by atoms with Crippen molar-refractivity contribution in [2.45, 2.75) is 50.7 Å². The molecule has 0 amide bonds. The Hall–Kier alpha value is -2.27. The van der Waals surface area contributed by atoms with Gasteiger partial charge in [0.1, 0.15) is 11.6 Å². The molecule has 1 aliphatic rings. The normalized spacial score (nSPS) is 22.4. The Labute approximate surface area is 158 Å². The molecule has 0 spiro atoms. The number of esters is 1. The fraction of sp³-hybridized carbons (Fsp3) is 0.409. The van der Waals surface area contributed by atoms with Gasteiger partial charge in [-0.15, -0.1) is 0 Å². The summed E-state index contributed by atoms with van der Waals surface area (Å²) in [5, 5.41) is 0. The van der Waals surface area contributed by atoms with E-state index in [0.29, 0.717) is 43.4 Å². The molecule has 0 heterocycles. The van der Waals surface area contributed by atoms with Gasteiger partial charge >= 0.3 is 5.97 Å². The van der Waals surface area contributed by atoms with Gasteiger partial charge in [0.15, 0.2) is 0 Å². The molecule has 0 atom stereocenters. The zero-order chi connectivity index (χ0) is 19.4. The Balaban J connectivity index is 1.71. The predicted octanol–water partition coefficient (Wildman–Crippen LogP) is 4.84. The first kappa shape index (κ1) is 19.5. The van der Waals surface area contributed by atoms with Crippen molar-refractivity contribution in [3.8, 4) is 0 Å². The molecule has 1 fully saturated rings. The SMILES string of the molecule is COC(=O)[C@]1(c2cccc(F)c2C)CC[C@H](OCc2ccc(F)cc2)CC1. The average Bonchev–Trinajstić information content (AvgIpc) is 2.69. The van der Waals surface area contributed by atoms with E-state index in [2.05, 4.69) is 0 Å². The molecule has 0 unspecified atom stereocenters. The third-order valence-electron chi connectivity index (χ3n) is 5.54. The minimum Gasteiger partial charge on any atom is -0.468 e. The molecular weight excluding hydrogens is 350 g/mol. The molecule has 2 aromatic carbocycles. The summed E-state index contributed by atoms with van der Waals surface area (Å²) in [6.07, 6.45) is 2.43. The van der Waals surface area contributed by atoms with Gasteiger partial charge in [0, 0.05) is 0 Å². The topological polar surface area (TPSA) is 35.5 Å². The number of halogens is 2. The van der Waals surface area contributed by atoms with Crippen LogP contribution in [-0.2, 0) is 26.3 Å².